The van der Waals surface area contributed by atoms with Gasteiger partial charge in [0, 0.05) is 25.1 Å². The van der Waals surface area contributed by atoms with Crippen molar-refractivity contribution >= 4 is 29.1 Å². The smallest absolute Gasteiger partial charge is 0.223 e. The van der Waals surface area contributed by atoms with Gasteiger partial charge in [0.05, 0.1) is 6.10 Å². The van der Waals surface area contributed by atoms with Crippen LogP contribution >= 0.6 is 12.4 Å². The Kier molecular flexibility index (Phi) is 8.55. The standard InChI is InChI=1S/C22H30N2O2.ClH/c1-2-14-26-21-15-18(10-11-20(21)23)22(25)24-13-12-17-8-5-7-16-6-3-4-9-19(16)17;/h3-9,18,20-21H,2,10-15,23H2,1H3,(H,24,25);1H/t18-,20+,21+;/m0./s1. The van der Waals surface area contributed by atoms with E-state index in [1.807, 2.05) is 0 Å². The predicted octanol–water partition coefficient (Wildman–Crippen LogP) is 3.84. The first-order chi connectivity index (χ1) is 12.7. The molecule has 148 valence electrons. The highest BCUT2D eigenvalue weighted by Gasteiger charge is 2.32. The van der Waals surface area contributed by atoms with E-state index in [0.29, 0.717) is 13.2 Å². The molecule has 0 saturated heterocycles. The minimum absolute atomic E-state index is 0. The molecular formula is C22H31ClN2O2. The number of carbonyl (C=O) groups is 1. The van der Waals surface area contributed by atoms with E-state index in [4.69, 9.17) is 10.5 Å². The molecule has 0 heterocycles. The van der Waals surface area contributed by atoms with Gasteiger partial charge in [-0.1, -0.05) is 49.4 Å². The lowest BCUT2D eigenvalue weighted by Crippen LogP contribution is -2.46. The second-order valence-corrected chi connectivity index (χ2v) is 7.26. The predicted molar refractivity (Wildman–Crippen MR) is 113 cm³/mol. The molecule has 0 aliphatic heterocycles. The topological polar surface area (TPSA) is 64.3 Å². The first-order valence-corrected chi connectivity index (χ1v) is 9.80. The Morgan fingerprint density at radius 2 is 1.96 bits per heavy atom. The maximum atomic E-state index is 12.6. The second kappa shape index (κ2) is 10.6. The largest absolute Gasteiger partial charge is 0.377 e. The number of amides is 1. The van der Waals surface area contributed by atoms with Gasteiger partial charge in [-0.25, -0.2) is 0 Å². The summed E-state index contributed by atoms with van der Waals surface area (Å²) in [5.74, 6) is 0.159. The summed E-state index contributed by atoms with van der Waals surface area (Å²) in [5.41, 5.74) is 7.43. The molecule has 0 unspecified atom stereocenters. The maximum absolute atomic E-state index is 12.6. The lowest BCUT2D eigenvalue weighted by Gasteiger charge is -2.33. The van der Waals surface area contributed by atoms with Crippen molar-refractivity contribution in [1.29, 1.82) is 0 Å². The van der Waals surface area contributed by atoms with Crippen LogP contribution in [0.1, 0.15) is 38.2 Å². The zero-order chi connectivity index (χ0) is 18.4. The molecule has 1 amide bonds. The molecule has 3 atom stereocenters. The van der Waals surface area contributed by atoms with Crippen molar-refractivity contribution in [2.24, 2.45) is 11.7 Å². The Morgan fingerprint density at radius 1 is 1.19 bits per heavy atom. The summed E-state index contributed by atoms with van der Waals surface area (Å²) in [5, 5.41) is 5.63. The van der Waals surface area contributed by atoms with Gasteiger partial charge in [-0.05, 0) is 48.4 Å². The molecule has 1 aliphatic rings. The number of nitrogens with one attached hydrogen (secondary N) is 1. The third-order valence-corrected chi connectivity index (χ3v) is 5.32. The van der Waals surface area contributed by atoms with E-state index in [2.05, 4.69) is 54.7 Å². The number of hydrogen-bond donors (Lipinski definition) is 2. The normalized spacial score (nSPS) is 22.2. The zero-order valence-corrected chi connectivity index (χ0v) is 16.8. The molecular weight excluding hydrogens is 360 g/mol. The van der Waals surface area contributed by atoms with Gasteiger partial charge in [-0.3, -0.25) is 4.79 Å². The van der Waals surface area contributed by atoms with Crippen molar-refractivity contribution in [2.45, 2.75) is 51.2 Å². The third-order valence-electron chi connectivity index (χ3n) is 5.32. The van der Waals surface area contributed by atoms with Gasteiger partial charge in [0.2, 0.25) is 5.91 Å². The Bertz CT molecular complexity index is 732. The average molecular weight is 391 g/mol. The van der Waals surface area contributed by atoms with Crippen LogP contribution in [-0.2, 0) is 16.0 Å². The van der Waals surface area contributed by atoms with Crippen LogP contribution in [0.15, 0.2) is 42.5 Å². The molecule has 27 heavy (non-hydrogen) atoms. The molecule has 0 radical (unpaired) electrons. The molecule has 3 N–H and O–H groups in total. The van der Waals surface area contributed by atoms with Gasteiger partial charge >= 0.3 is 0 Å². The highest BCUT2D eigenvalue weighted by Crippen LogP contribution is 2.26. The fourth-order valence-corrected chi connectivity index (χ4v) is 3.83. The summed E-state index contributed by atoms with van der Waals surface area (Å²) in [6.07, 6.45) is 4.28. The zero-order valence-electron chi connectivity index (χ0n) is 16.0. The maximum Gasteiger partial charge on any atom is 0.223 e. The Balaban J connectivity index is 0.00000261. The second-order valence-electron chi connectivity index (χ2n) is 7.26. The van der Waals surface area contributed by atoms with E-state index >= 15 is 0 Å². The van der Waals surface area contributed by atoms with E-state index in [0.717, 1.165) is 32.1 Å². The fourth-order valence-electron chi connectivity index (χ4n) is 3.83. The molecule has 1 saturated carbocycles. The van der Waals surface area contributed by atoms with Crippen LogP contribution in [-0.4, -0.2) is 31.2 Å². The first kappa shape index (κ1) is 21.7. The van der Waals surface area contributed by atoms with Crippen molar-refractivity contribution < 1.29 is 9.53 Å². The number of carbonyl (C=O) groups excluding carboxylic acids is 1. The third kappa shape index (κ3) is 5.68. The fraction of sp³-hybridized carbons (Fsp3) is 0.500. The average Bonchev–Trinajstić information content (AvgIpc) is 2.67. The molecule has 5 heteroatoms. The summed E-state index contributed by atoms with van der Waals surface area (Å²) < 4.78 is 5.84. The molecule has 0 spiro atoms. The summed E-state index contributed by atoms with van der Waals surface area (Å²) in [7, 11) is 0. The van der Waals surface area contributed by atoms with E-state index in [1.165, 1.54) is 16.3 Å². The molecule has 3 rings (SSSR count). The van der Waals surface area contributed by atoms with Crippen LogP contribution in [0.5, 0.6) is 0 Å². The minimum Gasteiger partial charge on any atom is -0.377 e. The Morgan fingerprint density at radius 3 is 2.78 bits per heavy atom. The van der Waals surface area contributed by atoms with Crippen LogP contribution in [0, 0.1) is 5.92 Å². The number of hydrogen-bond acceptors (Lipinski definition) is 3. The van der Waals surface area contributed by atoms with Gasteiger partial charge < -0.3 is 15.8 Å². The minimum atomic E-state index is 0. The van der Waals surface area contributed by atoms with Gasteiger partial charge in [-0.2, -0.15) is 0 Å². The quantitative estimate of drug-likeness (QED) is 0.754. The number of halogens is 1. The van der Waals surface area contributed by atoms with Crippen LogP contribution in [0.25, 0.3) is 10.8 Å². The molecule has 0 aromatic heterocycles. The van der Waals surface area contributed by atoms with Crippen molar-refractivity contribution in [3.63, 3.8) is 0 Å². The molecule has 4 nitrogen and oxygen atoms in total. The van der Waals surface area contributed by atoms with Gasteiger partial charge in [0.1, 0.15) is 0 Å². The van der Waals surface area contributed by atoms with Crippen molar-refractivity contribution in [2.75, 3.05) is 13.2 Å². The highest BCUT2D eigenvalue weighted by molar-refractivity contribution is 5.86. The van der Waals surface area contributed by atoms with E-state index < -0.39 is 0 Å². The Hall–Kier alpha value is -1.62. The van der Waals surface area contributed by atoms with E-state index in [9.17, 15) is 4.79 Å². The van der Waals surface area contributed by atoms with Crippen LogP contribution in [0.3, 0.4) is 0 Å². The number of benzene rings is 2. The van der Waals surface area contributed by atoms with Crippen molar-refractivity contribution in [3.05, 3.63) is 48.0 Å². The molecule has 2 aromatic carbocycles. The molecule has 1 fully saturated rings. The number of ether oxygens (including phenoxy) is 1. The first-order valence-electron chi connectivity index (χ1n) is 9.80. The van der Waals surface area contributed by atoms with Gasteiger partial charge in [0.15, 0.2) is 0 Å². The highest BCUT2D eigenvalue weighted by atomic mass is 35.5. The molecule has 2 aromatic rings. The Labute approximate surface area is 168 Å². The van der Waals surface area contributed by atoms with Crippen molar-refractivity contribution in [1.82, 2.24) is 5.32 Å². The SMILES string of the molecule is CCCO[C@@H]1C[C@@H](C(=O)NCCc2cccc3ccccc23)CC[C@H]1N.Cl. The van der Waals surface area contributed by atoms with E-state index in [1.54, 1.807) is 0 Å². The van der Waals surface area contributed by atoms with Gasteiger partial charge in [0.25, 0.3) is 0 Å². The van der Waals surface area contributed by atoms with Crippen LogP contribution < -0.4 is 11.1 Å². The lowest BCUT2D eigenvalue weighted by molar-refractivity contribution is -0.128. The number of nitrogens with two attached hydrogens (primary N) is 1. The lowest BCUT2D eigenvalue weighted by atomic mass is 9.83. The van der Waals surface area contributed by atoms with Crippen molar-refractivity contribution in [3.8, 4) is 0 Å². The molecule has 1 aliphatic carbocycles. The summed E-state index contributed by atoms with van der Waals surface area (Å²) >= 11 is 0. The van der Waals surface area contributed by atoms with Gasteiger partial charge in [-0.15, -0.1) is 12.4 Å². The summed E-state index contributed by atoms with van der Waals surface area (Å²) in [4.78, 5) is 12.6. The molecule has 0 bridgehead atoms. The number of fused-ring (bicyclic) bond motifs is 1. The van der Waals surface area contributed by atoms with Crippen LogP contribution in [0.4, 0.5) is 0 Å². The van der Waals surface area contributed by atoms with Crippen LogP contribution in [0.2, 0.25) is 0 Å². The number of rotatable bonds is 7. The summed E-state index contributed by atoms with van der Waals surface area (Å²) in [6, 6.07) is 14.8. The monoisotopic (exact) mass is 390 g/mol. The van der Waals surface area contributed by atoms with E-state index in [-0.39, 0.29) is 36.4 Å². The summed E-state index contributed by atoms with van der Waals surface area (Å²) in [6.45, 7) is 3.47.